The number of para-hydroxylation sites is 1. The minimum absolute atomic E-state index is 0.0967. The molecule has 0 spiro atoms. The number of halogens is 1. The molecule has 0 bridgehead atoms. The van der Waals surface area contributed by atoms with Gasteiger partial charge in [-0.25, -0.2) is 0 Å². The van der Waals surface area contributed by atoms with Crippen LogP contribution in [0.1, 0.15) is 22.0 Å². The highest BCUT2D eigenvalue weighted by molar-refractivity contribution is 6.34. The lowest BCUT2D eigenvalue weighted by Crippen LogP contribution is -2.41. The van der Waals surface area contributed by atoms with Gasteiger partial charge in [0.2, 0.25) is 0 Å². The highest BCUT2D eigenvalue weighted by atomic mass is 35.5. The van der Waals surface area contributed by atoms with Gasteiger partial charge in [0.25, 0.3) is 5.91 Å². The normalized spacial score (nSPS) is 16.7. The summed E-state index contributed by atoms with van der Waals surface area (Å²) in [4.78, 5) is 18.8. The lowest BCUT2D eigenvalue weighted by Gasteiger charge is -2.35. The van der Waals surface area contributed by atoms with Crippen molar-refractivity contribution in [3.8, 4) is 0 Å². The monoisotopic (exact) mass is 338 g/mol. The van der Waals surface area contributed by atoms with Crippen LogP contribution in [0.25, 0.3) is 0 Å². The molecule has 1 aromatic carbocycles. The number of fused-ring (bicyclic) bond motifs is 1. The van der Waals surface area contributed by atoms with Gasteiger partial charge < -0.3 is 4.90 Å². The number of hydrogen-bond donors (Lipinski definition) is 0. The van der Waals surface area contributed by atoms with Crippen LogP contribution < -0.4 is 4.90 Å². The van der Waals surface area contributed by atoms with Gasteiger partial charge >= 0.3 is 0 Å². The van der Waals surface area contributed by atoms with E-state index in [2.05, 4.69) is 16.1 Å². The van der Waals surface area contributed by atoms with Gasteiger partial charge in [0.05, 0.1) is 16.6 Å². The summed E-state index contributed by atoms with van der Waals surface area (Å²) in [6, 6.07) is 11.6. The lowest BCUT2D eigenvalue weighted by atomic mass is 9.97. The number of rotatable bonds is 2. The van der Waals surface area contributed by atoms with Crippen molar-refractivity contribution in [3.63, 3.8) is 0 Å². The third kappa shape index (κ3) is 2.57. The zero-order valence-electron chi connectivity index (χ0n) is 12.8. The molecule has 120 valence electrons. The lowest BCUT2D eigenvalue weighted by molar-refractivity contribution is 0.0980. The van der Waals surface area contributed by atoms with E-state index in [4.69, 9.17) is 11.6 Å². The van der Waals surface area contributed by atoms with Crippen molar-refractivity contribution in [2.45, 2.75) is 12.5 Å². The molecule has 0 unspecified atom stereocenters. The largest absolute Gasteiger partial charge is 0.306 e. The van der Waals surface area contributed by atoms with E-state index in [0.29, 0.717) is 17.1 Å². The number of aromatic nitrogens is 3. The Morgan fingerprint density at radius 1 is 1.17 bits per heavy atom. The second-order valence-electron chi connectivity index (χ2n) is 5.74. The number of nitrogens with zero attached hydrogens (tertiary/aromatic N) is 4. The summed E-state index contributed by atoms with van der Waals surface area (Å²) in [5, 5.41) is 4.70. The summed E-state index contributed by atoms with van der Waals surface area (Å²) in [5.41, 5.74) is 2.52. The van der Waals surface area contributed by atoms with Crippen molar-refractivity contribution in [1.82, 2.24) is 14.8 Å². The molecule has 3 heterocycles. The van der Waals surface area contributed by atoms with Crippen molar-refractivity contribution >= 4 is 23.2 Å². The van der Waals surface area contributed by atoms with Crippen LogP contribution in [0, 0.1) is 0 Å². The van der Waals surface area contributed by atoms with E-state index >= 15 is 0 Å². The van der Waals surface area contributed by atoms with Gasteiger partial charge in [-0.3, -0.25) is 14.5 Å². The minimum atomic E-state index is -0.119. The first-order chi connectivity index (χ1) is 11.7. The Morgan fingerprint density at radius 3 is 2.83 bits per heavy atom. The van der Waals surface area contributed by atoms with Crippen molar-refractivity contribution in [1.29, 1.82) is 0 Å². The topological polar surface area (TPSA) is 51.0 Å². The third-order valence-corrected chi connectivity index (χ3v) is 4.58. The van der Waals surface area contributed by atoms with E-state index in [1.807, 2.05) is 35.1 Å². The highest BCUT2D eigenvalue weighted by Gasteiger charge is 2.30. The highest BCUT2D eigenvalue weighted by Crippen LogP contribution is 2.33. The Labute approximate surface area is 144 Å². The molecule has 3 aromatic rings. The molecule has 4 rings (SSSR count). The molecule has 5 nitrogen and oxygen atoms in total. The smallest absolute Gasteiger partial charge is 0.259 e. The summed E-state index contributed by atoms with van der Waals surface area (Å²) in [5.74, 6) is -0.119. The van der Waals surface area contributed by atoms with Crippen molar-refractivity contribution in [2.24, 2.45) is 0 Å². The van der Waals surface area contributed by atoms with Crippen LogP contribution in [0.15, 0.2) is 61.2 Å². The molecule has 2 aromatic heterocycles. The van der Waals surface area contributed by atoms with Gasteiger partial charge in [-0.05, 0) is 30.2 Å². The maximum atomic E-state index is 13.1. The van der Waals surface area contributed by atoms with Crippen molar-refractivity contribution in [3.05, 3.63) is 77.3 Å². The number of amides is 1. The van der Waals surface area contributed by atoms with Crippen molar-refractivity contribution < 1.29 is 4.79 Å². The van der Waals surface area contributed by atoms with Crippen LogP contribution >= 0.6 is 11.6 Å². The number of carbonyl (C=O) groups is 1. The number of pyridine rings is 1. The third-order valence-electron chi connectivity index (χ3n) is 4.28. The molecule has 24 heavy (non-hydrogen) atoms. The van der Waals surface area contributed by atoms with Gasteiger partial charge in [-0.15, -0.1) is 0 Å². The van der Waals surface area contributed by atoms with Crippen LogP contribution in [0.2, 0.25) is 5.02 Å². The predicted molar refractivity (Wildman–Crippen MR) is 92.3 cm³/mol. The second-order valence-corrected chi connectivity index (χ2v) is 6.15. The zero-order chi connectivity index (χ0) is 16.5. The van der Waals surface area contributed by atoms with Gasteiger partial charge in [-0.2, -0.15) is 5.10 Å². The Balaban J connectivity index is 1.76. The fourth-order valence-corrected chi connectivity index (χ4v) is 3.33. The Kier molecular flexibility index (Phi) is 3.78. The summed E-state index contributed by atoms with van der Waals surface area (Å²) in [7, 11) is 0. The van der Waals surface area contributed by atoms with Gasteiger partial charge in [0, 0.05) is 37.0 Å². The Bertz CT molecular complexity index is 878. The molecule has 0 N–H and O–H groups in total. The summed E-state index contributed by atoms with van der Waals surface area (Å²) >= 11 is 6.17. The molecule has 1 aliphatic rings. The fraction of sp³-hybridized carbons (Fsp3) is 0.167. The van der Waals surface area contributed by atoms with Gasteiger partial charge in [-0.1, -0.05) is 29.8 Å². The Morgan fingerprint density at radius 2 is 2.04 bits per heavy atom. The number of carbonyl (C=O) groups excluding carboxylic acids is 1. The summed E-state index contributed by atoms with van der Waals surface area (Å²) in [6.07, 6.45) is 7.61. The molecule has 0 saturated carbocycles. The van der Waals surface area contributed by atoms with Gasteiger partial charge in [0.15, 0.2) is 0 Å². The van der Waals surface area contributed by atoms with Gasteiger partial charge in [0.1, 0.15) is 0 Å². The number of anilines is 1. The van der Waals surface area contributed by atoms with Crippen LogP contribution in [0.5, 0.6) is 0 Å². The first kappa shape index (κ1) is 14.9. The number of benzene rings is 1. The summed E-state index contributed by atoms with van der Waals surface area (Å²) in [6.45, 7) is 0.552. The average Bonchev–Trinajstić information content (AvgIpc) is 3.15. The summed E-state index contributed by atoms with van der Waals surface area (Å²) < 4.78 is 1.91. The molecule has 1 aliphatic heterocycles. The molecule has 0 saturated heterocycles. The van der Waals surface area contributed by atoms with E-state index in [9.17, 15) is 4.79 Å². The molecule has 0 aliphatic carbocycles. The zero-order valence-corrected chi connectivity index (χ0v) is 13.6. The quantitative estimate of drug-likeness (QED) is 0.719. The van der Waals surface area contributed by atoms with E-state index < -0.39 is 0 Å². The minimum Gasteiger partial charge on any atom is -0.306 e. The standard InChI is InChI=1S/C18H15ClN4O/c19-16-11-20-8-6-15(16)18(24)22-12-14(23-9-3-7-21-23)10-13-4-1-2-5-17(13)22/h1-9,11,14H,10,12H2/t14-/m0/s1. The van der Waals surface area contributed by atoms with Crippen LogP contribution in [0.4, 0.5) is 5.69 Å². The maximum Gasteiger partial charge on any atom is 0.259 e. The van der Waals surface area contributed by atoms with Crippen LogP contribution in [0.3, 0.4) is 0 Å². The molecule has 6 heteroatoms. The van der Waals surface area contributed by atoms with E-state index in [1.165, 1.54) is 6.20 Å². The molecular weight excluding hydrogens is 324 g/mol. The first-order valence-corrected chi connectivity index (χ1v) is 8.10. The van der Waals surface area contributed by atoms with E-state index in [-0.39, 0.29) is 11.9 Å². The van der Waals surface area contributed by atoms with Crippen LogP contribution in [-0.2, 0) is 6.42 Å². The molecule has 0 radical (unpaired) electrons. The van der Waals surface area contributed by atoms with Crippen molar-refractivity contribution in [2.75, 3.05) is 11.4 Å². The fourth-order valence-electron chi connectivity index (χ4n) is 3.13. The maximum absolute atomic E-state index is 13.1. The SMILES string of the molecule is O=C(c1ccncc1Cl)N1C[C@@H](n2cccn2)Cc2ccccc21. The molecule has 1 amide bonds. The second kappa shape index (κ2) is 6.09. The van der Waals surface area contributed by atoms with E-state index in [1.54, 1.807) is 23.4 Å². The van der Waals surface area contributed by atoms with E-state index in [0.717, 1.165) is 17.7 Å². The first-order valence-electron chi connectivity index (χ1n) is 7.72. The Hall–Kier alpha value is -2.66. The molecule has 1 atom stereocenters. The predicted octanol–water partition coefficient (Wildman–Crippen LogP) is 3.38. The molecule has 0 fully saturated rings. The molecular formula is C18H15ClN4O. The van der Waals surface area contributed by atoms with Crippen LogP contribution in [-0.4, -0.2) is 27.2 Å². The number of hydrogen-bond acceptors (Lipinski definition) is 3. The average molecular weight is 339 g/mol.